The molecule has 0 unspecified atom stereocenters. The first-order valence-electron chi connectivity index (χ1n) is 8.72. The van der Waals surface area contributed by atoms with Gasteiger partial charge in [0.25, 0.3) is 5.91 Å². The highest BCUT2D eigenvalue weighted by Gasteiger charge is 2.19. The van der Waals surface area contributed by atoms with Gasteiger partial charge in [0.1, 0.15) is 6.61 Å². The summed E-state index contributed by atoms with van der Waals surface area (Å²) in [6, 6.07) is 11.5. The summed E-state index contributed by atoms with van der Waals surface area (Å²) in [5.41, 5.74) is 2.26. The first-order valence-corrected chi connectivity index (χ1v) is 9.10. The minimum absolute atomic E-state index is 0.0111. The summed E-state index contributed by atoms with van der Waals surface area (Å²) < 4.78 is 21.0. The van der Waals surface area contributed by atoms with Crippen molar-refractivity contribution in [3.05, 3.63) is 76.2 Å². The van der Waals surface area contributed by atoms with Gasteiger partial charge in [-0.2, -0.15) is 0 Å². The minimum atomic E-state index is -0.535. The number of fused-ring (bicyclic) bond motifs is 1. The third-order valence-electron chi connectivity index (χ3n) is 4.32. The largest absolute Gasteiger partial charge is 0.459 e. The number of esters is 1. The van der Waals surface area contributed by atoms with E-state index in [9.17, 15) is 9.59 Å². The molecule has 4 rings (SSSR count). The van der Waals surface area contributed by atoms with Gasteiger partial charge in [0, 0.05) is 5.69 Å². The lowest BCUT2D eigenvalue weighted by Crippen LogP contribution is -2.13. The van der Waals surface area contributed by atoms with E-state index < -0.39 is 11.9 Å². The Morgan fingerprint density at radius 2 is 2.03 bits per heavy atom. The zero-order valence-corrected chi connectivity index (χ0v) is 16.1. The van der Waals surface area contributed by atoms with Gasteiger partial charge in [-0.15, -0.1) is 0 Å². The molecular formula is C21H16ClNO6. The molecule has 1 aliphatic heterocycles. The quantitative estimate of drug-likeness (QED) is 0.616. The molecule has 8 heteroatoms. The van der Waals surface area contributed by atoms with Crippen molar-refractivity contribution in [2.24, 2.45) is 0 Å². The monoisotopic (exact) mass is 413 g/mol. The van der Waals surface area contributed by atoms with Gasteiger partial charge in [-0.25, -0.2) is 4.79 Å². The first kappa shape index (κ1) is 18.9. The third-order valence-corrected chi connectivity index (χ3v) is 4.60. The van der Waals surface area contributed by atoms with Crippen LogP contribution in [0.5, 0.6) is 11.5 Å². The van der Waals surface area contributed by atoms with E-state index in [1.165, 1.54) is 6.26 Å². The van der Waals surface area contributed by atoms with Crippen molar-refractivity contribution in [2.75, 3.05) is 12.1 Å². The SMILES string of the molecule is Cc1ccc(C(=O)OCc2cc(Cl)c3c(c2)OCO3)cc1NC(=O)c1ccco1. The Hall–Kier alpha value is -3.45. The average Bonchev–Trinajstić information content (AvgIpc) is 3.40. The van der Waals surface area contributed by atoms with Crippen LogP contribution in [-0.4, -0.2) is 18.7 Å². The Morgan fingerprint density at radius 1 is 1.17 bits per heavy atom. The molecule has 2 heterocycles. The lowest BCUT2D eigenvalue weighted by molar-refractivity contribution is 0.0472. The smallest absolute Gasteiger partial charge is 0.338 e. The minimum Gasteiger partial charge on any atom is -0.459 e. The van der Waals surface area contributed by atoms with E-state index in [-0.39, 0.29) is 19.2 Å². The highest BCUT2D eigenvalue weighted by atomic mass is 35.5. The van der Waals surface area contributed by atoms with Crippen LogP contribution in [0.15, 0.2) is 53.1 Å². The van der Waals surface area contributed by atoms with Crippen molar-refractivity contribution in [1.82, 2.24) is 0 Å². The molecule has 0 spiro atoms. The lowest BCUT2D eigenvalue weighted by Gasteiger charge is -2.10. The number of amides is 1. The van der Waals surface area contributed by atoms with E-state index in [0.29, 0.717) is 33.3 Å². The Kier molecular flexibility index (Phi) is 5.14. The molecule has 1 N–H and O–H groups in total. The number of ether oxygens (including phenoxy) is 3. The van der Waals surface area contributed by atoms with Crippen LogP contribution in [0.4, 0.5) is 5.69 Å². The molecule has 7 nitrogen and oxygen atoms in total. The van der Waals surface area contributed by atoms with Crippen LogP contribution < -0.4 is 14.8 Å². The number of furan rings is 1. The highest BCUT2D eigenvalue weighted by Crippen LogP contribution is 2.40. The second-order valence-electron chi connectivity index (χ2n) is 6.35. The summed E-state index contributed by atoms with van der Waals surface area (Å²) in [5, 5.41) is 3.12. The molecule has 1 amide bonds. The number of anilines is 1. The van der Waals surface area contributed by atoms with Crippen molar-refractivity contribution < 1.29 is 28.2 Å². The van der Waals surface area contributed by atoms with Crippen LogP contribution in [0, 0.1) is 6.92 Å². The van der Waals surface area contributed by atoms with Crippen LogP contribution in [0.2, 0.25) is 5.02 Å². The zero-order valence-electron chi connectivity index (χ0n) is 15.4. The Labute approximate surface area is 171 Å². The number of rotatable bonds is 5. The van der Waals surface area contributed by atoms with Gasteiger partial charge in [0.15, 0.2) is 17.3 Å². The van der Waals surface area contributed by atoms with Gasteiger partial charge in [-0.1, -0.05) is 17.7 Å². The molecule has 0 fully saturated rings. The maximum Gasteiger partial charge on any atom is 0.338 e. The summed E-state index contributed by atoms with van der Waals surface area (Å²) in [4.78, 5) is 24.7. The number of benzene rings is 2. The second kappa shape index (κ2) is 7.89. The van der Waals surface area contributed by atoms with Crippen LogP contribution in [0.1, 0.15) is 32.0 Å². The normalized spacial score (nSPS) is 11.9. The number of hydrogen-bond acceptors (Lipinski definition) is 6. The summed E-state index contributed by atoms with van der Waals surface area (Å²) in [5.74, 6) is 0.238. The molecule has 0 saturated heterocycles. The fraction of sp³-hybridized carbons (Fsp3) is 0.143. The molecule has 0 saturated carbocycles. The molecule has 0 bridgehead atoms. The fourth-order valence-corrected chi connectivity index (χ4v) is 3.10. The molecule has 1 aromatic heterocycles. The van der Waals surface area contributed by atoms with E-state index in [4.69, 9.17) is 30.2 Å². The predicted molar refractivity (Wildman–Crippen MR) is 105 cm³/mol. The second-order valence-corrected chi connectivity index (χ2v) is 6.76. The average molecular weight is 414 g/mol. The van der Waals surface area contributed by atoms with Gasteiger partial charge >= 0.3 is 5.97 Å². The Bertz CT molecular complexity index is 1080. The number of hydrogen-bond donors (Lipinski definition) is 1. The van der Waals surface area contributed by atoms with Gasteiger partial charge in [0.05, 0.1) is 16.8 Å². The Balaban J connectivity index is 1.45. The molecule has 0 aliphatic carbocycles. The highest BCUT2D eigenvalue weighted by molar-refractivity contribution is 6.32. The number of carbonyl (C=O) groups excluding carboxylic acids is 2. The molecule has 0 atom stereocenters. The van der Waals surface area contributed by atoms with Crippen LogP contribution in [-0.2, 0) is 11.3 Å². The summed E-state index contributed by atoms with van der Waals surface area (Å²) in [7, 11) is 0. The van der Waals surface area contributed by atoms with Gasteiger partial charge in [-0.05, 0) is 54.4 Å². The Morgan fingerprint density at radius 3 is 2.83 bits per heavy atom. The van der Waals surface area contributed by atoms with Crippen LogP contribution in [0.3, 0.4) is 0 Å². The van der Waals surface area contributed by atoms with Gasteiger partial charge in [-0.3, -0.25) is 4.79 Å². The van der Waals surface area contributed by atoms with Crippen molar-refractivity contribution >= 4 is 29.2 Å². The standard InChI is InChI=1S/C21H16ClNO6/c1-12-4-5-14(9-16(12)23-20(24)17-3-2-6-26-17)21(25)27-10-13-7-15(22)19-18(8-13)28-11-29-19/h2-9H,10-11H2,1H3,(H,23,24). The molecule has 1 aliphatic rings. The van der Waals surface area contributed by atoms with Crippen LogP contribution >= 0.6 is 11.6 Å². The molecule has 2 aromatic carbocycles. The maximum absolute atomic E-state index is 12.5. The predicted octanol–water partition coefficient (Wildman–Crippen LogP) is 4.58. The topological polar surface area (TPSA) is 87.0 Å². The zero-order chi connectivity index (χ0) is 20.4. The molecule has 29 heavy (non-hydrogen) atoms. The first-order chi connectivity index (χ1) is 14.0. The summed E-state index contributed by atoms with van der Waals surface area (Å²) >= 11 is 6.14. The van der Waals surface area contributed by atoms with E-state index in [1.807, 2.05) is 6.92 Å². The molecule has 0 radical (unpaired) electrons. The van der Waals surface area contributed by atoms with E-state index >= 15 is 0 Å². The van der Waals surface area contributed by atoms with Gasteiger partial charge < -0.3 is 23.9 Å². The van der Waals surface area contributed by atoms with E-state index in [0.717, 1.165) is 5.56 Å². The van der Waals surface area contributed by atoms with Crippen molar-refractivity contribution in [3.8, 4) is 11.5 Å². The van der Waals surface area contributed by atoms with E-state index in [1.54, 1.807) is 42.5 Å². The summed E-state index contributed by atoms with van der Waals surface area (Å²) in [6.07, 6.45) is 1.41. The van der Waals surface area contributed by atoms with Crippen molar-refractivity contribution in [3.63, 3.8) is 0 Å². The van der Waals surface area contributed by atoms with E-state index in [2.05, 4.69) is 5.32 Å². The summed E-state index contributed by atoms with van der Waals surface area (Å²) in [6.45, 7) is 1.94. The molecule has 148 valence electrons. The lowest BCUT2D eigenvalue weighted by atomic mass is 10.1. The fourth-order valence-electron chi connectivity index (χ4n) is 2.81. The number of halogens is 1. The maximum atomic E-state index is 12.5. The van der Waals surface area contributed by atoms with Gasteiger partial charge in [0.2, 0.25) is 6.79 Å². The van der Waals surface area contributed by atoms with Crippen molar-refractivity contribution in [2.45, 2.75) is 13.5 Å². The molecule has 3 aromatic rings. The third kappa shape index (κ3) is 4.05. The number of nitrogens with one attached hydrogen (secondary N) is 1. The number of aryl methyl sites for hydroxylation is 1. The van der Waals surface area contributed by atoms with Crippen LogP contribution in [0.25, 0.3) is 0 Å². The van der Waals surface area contributed by atoms with Crippen molar-refractivity contribution in [1.29, 1.82) is 0 Å². The number of carbonyl (C=O) groups is 2. The molecular weight excluding hydrogens is 398 g/mol.